The van der Waals surface area contributed by atoms with Crippen molar-refractivity contribution < 1.29 is 28.7 Å². The largest absolute Gasteiger partial charge is 0.388 e. The van der Waals surface area contributed by atoms with Gasteiger partial charge in [-0.2, -0.15) is 0 Å². The van der Waals surface area contributed by atoms with Crippen LogP contribution in [0.5, 0.6) is 0 Å². The first-order valence-corrected chi connectivity index (χ1v) is 14.5. The Balaban J connectivity index is 3.88. The molecule has 0 fully saturated rings. The fraction of sp³-hybridized carbons (Fsp3) is 0.920. The predicted molar refractivity (Wildman–Crippen MR) is 135 cm³/mol. The minimum atomic E-state index is -4.54. The topological polar surface area (TPSA) is 87.0 Å². The SMILES string of the molecule is CCCCCCCC/C=C\CCCCCCCCOC(O)(CC)C([N+](C)(C)C)P(=O)(O)O. The van der Waals surface area contributed by atoms with Crippen LogP contribution in [0.25, 0.3) is 0 Å². The predicted octanol–water partition coefficient (Wildman–Crippen LogP) is 6.35. The molecule has 3 N–H and O–H groups in total. The zero-order valence-corrected chi connectivity index (χ0v) is 22.5. The summed E-state index contributed by atoms with van der Waals surface area (Å²) in [6, 6.07) is 0. The summed E-state index contributed by atoms with van der Waals surface area (Å²) in [4.78, 5) is 19.5. The van der Waals surface area contributed by atoms with Crippen molar-refractivity contribution in [3.8, 4) is 0 Å². The molecule has 2 unspecified atom stereocenters. The molecule has 0 radical (unpaired) electrons. The third kappa shape index (κ3) is 14.8. The molecule has 0 aliphatic carbocycles. The molecule has 0 saturated carbocycles. The van der Waals surface area contributed by atoms with Gasteiger partial charge in [-0.25, -0.2) is 0 Å². The Kier molecular flexibility index (Phi) is 17.1. The fourth-order valence-corrected chi connectivity index (χ4v) is 5.96. The van der Waals surface area contributed by atoms with E-state index in [-0.39, 0.29) is 10.9 Å². The van der Waals surface area contributed by atoms with Crippen LogP contribution in [-0.4, -0.2) is 58.7 Å². The number of allylic oxidation sites excluding steroid dienone is 2. The summed E-state index contributed by atoms with van der Waals surface area (Å²) in [6.45, 7) is 4.26. The Morgan fingerprint density at radius 2 is 1.25 bits per heavy atom. The molecule has 6 nitrogen and oxygen atoms in total. The van der Waals surface area contributed by atoms with Gasteiger partial charge in [-0.1, -0.05) is 83.8 Å². The Morgan fingerprint density at radius 1 is 0.812 bits per heavy atom. The lowest BCUT2D eigenvalue weighted by atomic mass is 10.1. The molecule has 0 rings (SSSR count). The molecule has 0 heterocycles. The number of ether oxygens (including phenoxy) is 1. The lowest BCUT2D eigenvalue weighted by Crippen LogP contribution is -2.59. The van der Waals surface area contributed by atoms with Gasteiger partial charge >= 0.3 is 7.60 Å². The highest BCUT2D eigenvalue weighted by Crippen LogP contribution is 2.50. The zero-order valence-electron chi connectivity index (χ0n) is 21.6. The number of hydrogen-bond acceptors (Lipinski definition) is 3. The van der Waals surface area contributed by atoms with Crippen molar-refractivity contribution in [2.75, 3.05) is 27.7 Å². The molecular formula is C25H53NO5P+. The van der Waals surface area contributed by atoms with Gasteiger partial charge < -0.3 is 24.1 Å². The highest BCUT2D eigenvalue weighted by molar-refractivity contribution is 7.52. The van der Waals surface area contributed by atoms with E-state index in [1.165, 1.54) is 64.2 Å². The number of hydrogen-bond donors (Lipinski definition) is 3. The first-order chi connectivity index (χ1) is 15.0. The summed E-state index contributed by atoms with van der Waals surface area (Å²) in [7, 11) is 0.456. The van der Waals surface area contributed by atoms with E-state index >= 15 is 0 Å². The lowest BCUT2D eigenvalue weighted by Gasteiger charge is -2.43. The van der Waals surface area contributed by atoms with Gasteiger partial charge in [0, 0.05) is 6.42 Å². The van der Waals surface area contributed by atoms with Gasteiger partial charge in [-0.3, -0.25) is 4.57 Å². The molecular weight excluding hydrogens is 425 g/mol. The summed E-state index contributed by atoms with van der Waals surface area (Å²) < 4.78 is 17.6. The molecule has 32 heavy (non-hydrogen) atoms. The fourth-order valence-electron chi connectivity index (χ4n) is 4.28. The minimum Gasteiger partial charge on any atom is -0.360 e. The minimum absolute atomic E-state index is 0.0674. The first kappa shape index (κ1) is 31.8. The van der Waals surface area contributed by atoms with E-state index in [0.29, 0.717) is 6.61 Å². The molecule has 0 aliphatic rings. The number of unbranched alkanes of at least 4 members (excludes halogenated alkanes) is 12. The van der Waals surface area contributed by atoms with Crippen molar-refractivity contribution in [2.24, 2.45) is 0 Å². The van der Waals surface area contributed by atoms with Gasteiger partial charge in [-0.15, -0.1) is 0 Å². The van der Waals surface area contributed by atoms with E-state index in [9.17, 15) is 19.5 Å². The number of likely N-dealkylation sites (N-methyl/N-ethyl adjacent to an activating group) is 1. The highest BCUT2D eigenvalue weighted by atomic mass is 31.2. The van der Waals surface area contributed by atoms with Gasteiger partial charge in [0.05, 0.1) is 27.7 Å². The molecule has 0 bridgehead atoms. The van der Waals surface area contributed by atoms with E-state index in [1.807, 2.05) is 0 Å². The van der Waals surface area contributed by atoms with Crippen LogP contribution in [0, 0.1) is 0 Å². The Labute approximate surface area is 198 Å². The summed E-state index contributed by atoms with van der Waals surface area (Å²) in [5, 5.41) is 10.8. The molecule has 0 aromatic heterocycles. The number of quaternary nitrogens is 1. The molecule has 2 atom stereocenters. The van der Waals surface area contributed by atoms with Gasteiger partial charge in [-0.05, 0) is 32.1 Å². The molecule has 0 saturated heterocycles. The second kappa shape index (κ2) is 17.2. The summed E-state index contributed by atoms with van der Waals surface area (Å²) in [5.74, 6) is -3.15. The van der Waals surface area contributed by atoms with E-state index in [4.69, 9.17) is 4.74 Å². The maximum Gasteiger partial charge on any atom is 0.388 e. The Bertz CT molecular complexity index is 529. The number of rotatable bonds is 21. The number of nitrogens with zero attached hydrogens (tertiary/aromatic N) is 1. The average molecular weight is 479 g/mol. The molecule has 0 spiro atoms. The second-order valence-electron chi connectivity index (χ2n) is 10.1. The smallest absolute Gasteiger partial charge is 0.360 e. The van der Waals surface area contributed by atoms with Crippen LogP contribution < -0.4 is 0 Å². The van der Waals surface area contributed by atoms with Crippen LogP contribution in [0.1, 0.15) is 110 Å². The standard InChI is InChI=1S/C25H52NO5P/c1-6-8-9-10-11-12-13-14-15-16-17-18-19-20-21-22-23-31-25(27,7-2)24(26(3,4)5)32(28,29)30/h14-15,24,27H,6-13,16-23H2,1-5H3,(H-,28,29,30)/p+1/b15-14-. The molecule has 0 aromatic rings. The maximum atomic E-state index is 12.0. The van der Waals surface area contributed by atoms with Gasteiger partial charge in [0.15, 0.2) is 0 Å². The third-order valence-electron chi connectivity index (χ3n) is 5.97. The first-order valence-electron chi connectivity index (χ1n) is 12.9. The van der Waals surface area contributed by atoms with E-state index < -0.39 is 19.2 Å². The molecule has 7 heteroatoms. The van der Waals surface area contributed by atoms with E-state index in [2.05, 4.69) is 19.1 Å². The summed E-state index contributed by atoms with van der Waals surface area (Å²) in [5.41, 5.74) is 0. The van der Waals surface area contributed by atoms with Gasteiger partial charge in [0.1, 0.15) is 0 Å². The van der Waals surface area contributed by atoms with Crippen LogP contribution in [0.4, 0.5) is 0 Å². The maximum absolute atomic E-state index is 12.0. The van der Waals surface area contributed by atoms with Crippen molar-refractivity contribution >= 4 is 7.60 Å². The van der Waals surface area contributed by atoms with Crippen LogP contribution >= 0.6 is 7.60 Å². The number of aliphatic hydroxyl groups is 1. The summed E-state index contributed by atoms with van der Waals surface area (Å²) >= 11 is 0. The Morgan fingerprint density at radius 3 is 1.66 bits per heavy atom. The third-order valence-corrected chi connectivity index (χ3v) is 7.70. The van der Waals surface area contributed by atoms with Crippen molar-refractivity contribution in [1.29, 1.82) is 0 Å². The van der Waals surface area contributed by atoms with Gasteiger partial charge in [0.25, 0.3) is 0 Å². The van der Waals surface area contributed by atoms with Crippen molar-refractivity contribution in [1.82, 2.24) is 0 Å². The highest BCUT2D eigenvalue weighted by Gasteiger charge is 2.55. The van der Waals surface area contributed by atoms with Gasteiger partial charge in [0.2, 0.25) is 11.6 Å². The quantitative estimate of drug-likeness (QED) is 0.0588. The van der Waals surface area contributed by atoms with Crippen molar-refractivity contribution in [3.63, 3.8) is 0 Å². The second-order valence-corrected chi connectivity index (χ2v) is 11.7. The molecule has 192 valence electrons. The molecule has 0 aromatic carbocycles. The van der Waals surface area contributed by atoms with Crippen LogP contribution in [0.3, 0.4) is 0 Å². The average Bonchev–Trinajstić information content (AvgIpc) is 2.68. The zero-order chi connectivity index (χ0) is 24.5. The van der Waals surface area contributed by atoms with Crippen LogP contribution in [-0.2, 0) is 9.30 Å². The summed E-state index contributed by atoms with van der Waals surface area (Å²) in [6.07, 6.45) is 21.8. The monoisotopic (exact) mass is 478 g/mol. The van der Waals surface area contributed by atoms with Crippen molar-refractivity contribution in [2.45, 2.75) is 122 Å². The Hall–Kier alpha value is -0.230. The van der Waals surface area contributed by atoms with E-state index in [0.717, 1.165) is 25.7 Å². The lowest BCUT2D eigenvalue weighted by molar-refractivity contribution is -0.895. The van der Waals surface area contributed by atoms with E-state index in [1.54, 1.807) is 28.1 Å². The van der Waals surface area contributed by atoms with Crippen LogP contribution in [0.15, 0.2) is 12.2 Å². The molecule has 0 aliphatic heterocycles. The normalized spacial score (nSPS) is 15.9. The molecule has 0 amide bonds. The van der Waals surface area contributed by atoms with Crippen molar-refractivity contribution in [3.05, 3.63) is 12.2 Å². The van der Waals surface area contributed by atoms with Crippen LogP contribution in [0.2, 0.25) is 0 Å².